The first-order chi connectivity index (χ1) is 12.7. The van der Waals surface area contributed by atoms with Crippen molar-refractivity contribution in [2.45, 2.75) is 20.5 Å². The molecular formula is C14H18ClN2O8PS. The van der Waals surface area contributed by atoms with Crippen molar-refractivity contribution in [2.24, 2.45) is 0 Å². The van der Waals surface area contributed by atoms with E-state index in [1.54, 1.807) is 13.8 Å². The number of hydrogen-bond acceptors (Lipinski definition) is 9. The van der Waals surface area contributed by atoms with Crippen molar-refractivity contribution in [3.8, 4) is 5.75 Å². The molecule has 0 heterocycles. The summed E-state index contributed by atoms with van der Waals surface area (Å²) in [5.74, 6) is -1.04. The van der Waals surface area contributed by atoms with Crippen LogP contribution < -0.4 is 9.84 Å². The number of halogens is 1. The van der Waals surface area contributed by atoms with Crippen LogP contribution in [0.25, 0.3) is 0 Å². The van der Waals surface area contributed by atoms with Crippen molar-refractivity contribution in [2.75, 3.05) is 19.1 Å². The van der Waals surface area contributed by atoms with E-state index in [4.69, 9.17) is 41.7 Å². The van der Waals surface area contributed by atoms with Gasteiger partial charge in [-0.05, 0) is 26.0 Å². The van der Waals surface area contributed by atoms with Crippen LogP contribution >= 0.6 is 18.3 Å². The number of benzene rings is 1. The molecule has 27 heavy (non-hydrogen) atoms. The van der Waals surface area contributed by atoms with Crippen LogP contribution in [-0.4, -0.2) is 36.0 Å². The number of nitro groups is 1. The Kier molecular flexibility index (Phi) is 9.61. The Morgan fingerprint density at radius 2 is 1.93 bits per heavy atom. The second-order valence-electron chi connectivity index (χ2n) is 4.68. The SMILES string of the molecule is CCOP(=S)(OCC)Oc1ccc([N+](=O)[O-])c(COC(=O)NC(=O)CCl)c1. The lowest BCUT2D eigenvalue weighted by Crippen LogP contribution is -2.31. The van der Waals surface area contributed by atoms with Crippen molar-refractivity contribution in [1.29, 1.82) is 0 Å². The van der Waals surface area contributed by atoms with Gasteiger partial charge in [0.05, 0.1) is 23.7 Å². The van der Waals surface area contributed by atoms with Crippen LogP contribution in [0.1, 0.15) is 19.4 Å². The van der Waals surface area contributed by atoms with Crippen LogP contribution in [0, 0.1) is 10.1 Å². The second kappa shape index (κ2) is 11.2. The van der Waals surface area contributed by atoms with Gasteiger partial charge in [0.25, 0.3) is 5.69 Å². The minimum Gasteiger partial charge on any atom is -0.444 e. The standard InChI is InChI=1S/C14H18ClN2O8PS/c1-3-23-26(27,24-4-2)25-11-5-6-12(17(20)21)10(7-11)9-22-14(19)16-13(18)8-15/h5-7H,3-4,8-9H2,1-2H3,(H,16,18,19). The van der Waals surface area contributed by atoms with Gasteiger partial charge in [-0.2, -0.15) is 0 Å². The van der Waals surface area contributed by atoms with Gasteiger partial charge in [-0.15, -0.1) is 11.6 Å². The average molecular weight is 441 g/mol. The Balaban J connectivity index is 2.99. The lowest BCUT2D eigenvalue weighted by atomic mass is 10.2. The fraction of sp³-hybridized carbons (Fsp3) is 0.429. The smallest absolute Gasteiger partial charge is 0.414 e. The molecule has 10 nitrogen and oxygen atoms in total. The molecule has 0 bridgehead atoms. The number of nitro benzene ring substituents is 1. The molecule has 150 valence electrons. The van der Waals surface area contributed by atoms with Crippen molar-refractivity contribution in [1.82, 2.24) is 5.32 Å². The molecule has 0 spiro atoms. The van der Waals surface area contributed by atoms with E-state index in [-0.39, 0.29) is 30.2 Å². The summed E-state index contributed by atoms with van der Waals surface area (Å²) in [5.41, 5.74) is -0.277. The minimum absolute atomic E-state index is 0.0283. The van der Waals surface area contributed by atoms with Crippen LogP contribution in [0.4, 0.5) is 10.5 Å². The topological polar surface area (TPSA) is 126 Å². The maximum absolute atomic E-state index is 11.5. The number of ether oxygens (including phenoxy) is 1. The first kappa shape index (κ1) is 23.3. The summed E-state index contributed by atoms with van der Waals surface area (Å²) in [7, 11) is 0. The maximum Gasteiger partial charge on any atom is 0.414 e. The van der Waals surface area contributed by atoms with E-state index in [2.05, 4.69) is 0 Å². The predicted octanol–water partition coefficient (Wildman–Crippen LogP) is 3.26. The predicted molar refractivity (Wildman–Crippen MR) is 100 cm³/mol. The minimum atomic E-state index is -3.08. The highest BCUT2D eigenvalue weighted by molar-refractivity contribution is 8.07. The Hall–Kier alpha value is -1.78. The molecule has 0 aromatic heterocycles. The van der Waals surface area contributed by atoms with Gasteiger partial charge in [-0.25, -0.2) is 4.79 Å². The van der Waals surface area contributed by atoms with Gasteiger partial charge < -0.3 is 9.26 Å². The highest BCUT2D eigenvalue weighted by atomic mass is 35.5. The molecule has 0 aliphatic heterocycles. The largest absolute Gasteiger partial charge is 0.444 e. The van der Waals surface area contributed by atoms with Gasteiger partial charge >= 0.3 is 12.8 Å². The van der Waals surface area contributed by atoms with Gasteiger partial charge in [-0.1, -0.05) is 0 Å². The number of imide groups is 1. The van der Waals surface area contributed by atoms with E-state index in [0.717, 1.165) is 0 Å². The van der Waals surface area contributed by atoms with Crippen LogP contribution in [0.15, 0.2) is 18.2 Å². The Labute approximate surface area is 165 Å². The number of carbonyl (C=O) groups is 2. The Morgan fingerprint density at radius 1 is 1.30 bits per heavy atom. The molecule has 1 aromatic carbocycles. The zero-order valence-electron chi connectivity index (χ0n) is 14.5. The third-order valence-corrected chi connectivity index (χ3v) is 5.44. The second-order valence-corrected chi connectivity index (χ2v) is 7.88. The molecule has 1 aromatic rings. The van der Waals surface area contributed by atoms with E-state index in [1.807, 2.05) is 5.32 Å². The number of nitrogens with zero attached hydrogens (tertiary/aromatic N) is 1. The van der Waals surface area contributed by atoms with Gasteiger partial charge in [0.2, 0.25) is 5.91 Å². The summed E-state index contributed by atoms with van der Waals surface area (Å²) >= 11 is 10.5. The summed E-state index contributed by atoms with van der Waals surface area (Å²) in [5, 5.41) is 13.0. The molecule has 0 radical (unpaired) electrons. The van der Waals surface area contributed by atoms with E-state index in [1.165, 1.54) is 18.2 Å². The fourth-order valence-electron chi connectivity index (χ4n) is 1.77. The van der Waals surface area contributed by atoms with Gasteiger partial charge in [0, 0.05) is 17.9 Å². The third kappa shape index (κ3) is 7.77. The first-order valence-corrected chi connectivity index (χ1v) is 10.7. The van der Waals surface area contributed by atoms with Crippen molar-refractivity contribution >= 4 is 47.8 Å². The monoisotopic (exact) mass is 440 g/mol. The molecule has 0 unspecified atom stereocenters. The van der Waals surface area contributed by atoms with E-state index >= 15 is 0 Å². The molecule has 0 saturated carbocycles. The van der Waals surface area contributed by atoms with Crippen molar-refractivity contribution < 1.29 is 32.8 Å². The fourth-order valence-corrected chi connectivity index (χ4v) is 3.92. The Morgan fingerprint density at radius 3 is 2.44 bits per heavy atom. The zero-order valence-corrected chi connectivity index (χ0v) is 17.0. The molecule has 1 N–H and O–H groups in total. The van der Waals surface area contributed by atoms with E-state index < -0.39 is 36.1 Å². The summed E-state index contributed by atoms with van der Waals surface area (Å²) in [6, 6.07) is 3.79. The molecule has 2 amide bonds. The zero-order chi connectivity index (χ0) is 20.4. The molecular weight excluding hydrogens is 423 g/mol. The summed E-state index contributed by atoms with van der Waals surface area (Å²) in [6.07, 6.45) is -1.09. The molecule has 0 fully saturated rings. The van der Waals surface area contributed by atoms with Gasteiger partial charge in [0.1, 0.15) is 18.2 Å². The number of alkyl halides is 1. The molecule has 0 aliphatic rings. The molecule has 0 atom stereocenters. The molecule has 13 heteroatoms. The van der Waals surface area contributed by atoms with Crippen LogP contribution in [0.3, 0.4) is 0 Å². The summed E-state index contributed by atoms with van der Waals surface area (Å²) < 4.78 is 21.1. The van der Waals surface area contributed by atoms with Crippen molar-refractivity contribution in [3.63, 3.8) is 0 Å². The number of carbonyl (C=O) groups excluding carboxylic acids is 2. The number of alkyl carbamates (subject to hydrolysis) is 1. The Bertz CT molecular complexity index is 738. The van der Waals surface area contributed by atoms with Gasteiger partial charge in [0.15, 0.2) is 0 Å². The first-order valence-electron chi connectivity index (χ1n) is 7.63. The molecule has 0 aliphatic carbocycles. The summed E-state index contributed by atoms with van der Waals surface area (Å²) in [6.45, 7) is 0.399. The van der Waals surface area contributed by atoms with Crippen LogP contribution in [0.2, 0.25) is 0 Å². The number of amides is 2. The summed E-state index contributed by atoms with van der Waals surface area (Å²) in [4.78, 5) is 33.0. The average Bonchev–Trinajstić information content (AvgIpc) is 2.59. The van der Waals surface area contributed by atoms with Gasteiger partial charge in [-0.3, -0.25) is 29.3 Å². The quantitative estimate of drug-likeness (QED) is 0.252. The van der Waals surface area contributed by atoms with Crippen LogP contribution in [0.5, 0.6) is 5.75 Å². The molecule has 1 rings (SSSR count). The lowest BCUT2D eigenvalue weighted by Gasteiger charge is -2.21. The van der Waals surface area contributed by atoms with Crippen molar-refractivity contribution in [3.05, 3.63) is 33.9 Å². The molecule has 0 saturated heterocycles. The normalized spacial score (nSPS) is 10.9. The third-order valence-electron chi connectivity index (χ3n) is 2.76. The highest BCUT2D eigenvalue weighted by Crippen LogP contribution is 2.50. The van der Waals surface area contributed by atoms with E-state index in [0.29, 0.717) is 0 Å². The number of rotatable bonds is 10. The highest BCUT2D eigenvalue weighted by Gasteiger charge is 2.23. The van der Waals surface area contributed by atoms with Crippen LogP contribution in [-0.2, 0) is 37.0 Å². The lowest BCUT2D eigenvalue weighted by molar-refractivity contribution is -0.385. The maximum atomic E-state index is 11.5. The number of nitrogens with one attached hydrogen (secondary N) is 1. The number of hydrogen-bond donors (Lipinski definition) is 1. The van der Waals surface area contributed by atoms with E-state index in [9.17, 15) is 19.7 Å².